The van der Waals surface area contributed by atoms with Crippen molar-refractivity contribution in [3.05, 3.63) is 34.5 Å². The van der Waals surface area contributed by atoms with Gasteiger partial charge in [0.25, 0.3) is 5.91 Å². The van der Waals surface area contributed by atoms with E-state index in [0.29, 0.717) is 5.92 Å². The fourth-order valence-corrected chi connectivity index (χ4v) is 4.18. The maximum absolute atomic E-state index is 11.2. The molecule has 0 atom stereocenters. The van der Waals surface area contributed by atoms with E-state index in [1.165, 1.54) is 25.7 Å². The molecule has 0 radical (unpaired) electrons. The van der Waals surface area contributed by atoms with Gasteiger partial charge in [0.15, 0.2) is 0 Å². The third-order valence-electron chi connectivity index (χ3n) is 4.27. The minimum Gasteiger partial charge on any atom is -0.507 e. The Labute approximate surface area is 134 Å². The van der Waals surface area contributed by atoms with Crippen LogP contribution < -0.4 is 5.73 Å². The van der Waals surface area contributed by atoms with Crippen molar-refractivity contribution in [3.8, 4) is 16.2 Å². The molecule has 0 aliphatic heterocycles. The SMILES string of the molecule is CCc1nc(C2CCCC2)c(-c2ccc(C(N)=O)c(O)c2)s1. The van der Waals surface area contributed by atoms with Crippen LogP contribution in [0, 0.1) is 0 Å². The smallest absolute Gasteiger partial charge is 0.252 e. The molecule has 1 fully saturated rings. The van der Waals surface area contributed by atoms with E-state index in [2.05, 4.69) is 6.92 Å². The van der Waals surface area contributed by atoms with Gasteiger partial charge in [0, 0.05) is 5.92 Å². The molecule has 0 saturated heterocycles. The Morgan fingerprint density at radius 3 is 2.73 bits per heavy atom. The number of carbonyl (C=O) groups is 1. The number of thiazole rings is 1. The van der Waals surface area contributed by atoms with E-state index in [1.54, 1.807) is 23.5 Å². The zero-order chi connectivity index (χ0) is 15.7. The van der Waals surface area contributed by atoms with Gasteiger partial charge in [-0.1, -0.05) is 25.8 Å². The van der Waals surface area contributed by atoms with Crippen LogP contribution in [0.4, 0.5) is 0 Å². The second-order valence-corrected chi connectivity index (χ2v) is 6.84. The van der Waals surface area contributed by atoms with E-state index in [4.69, 9.17) is 10.7 Å². The quantitative estimate of drug-likeness (QED) is 0.900. The number of phenols is 1. The second kappa shape index (κ2) is 6.08. The Kier molecular flexibility index (Phi) is 4.16. The van der Waals surface area contributed by atoms with E-state index in [9.17, 15) is 9.90 Å². The predicted molar refractivity (Wildman–Crippen MR) is 88.3 cm³/mol. The number of primary amides is 1. The minimum atomic E-state index is -0.612. The molecule has 22 heavy (non-hydrogen) atoms. The van der Waals surface area contributed by atoms with Crippen molar-refractivity contribution in [1.82, 2.24) is 4.98 Å². The van der Waals surface area contributed by atoms with Crippen molar-refractivity contribution in [2.24, 2.45) is 5.73 Å². The molecule has 4 nitrogen and oxygen atoms in total. The summed E-state index contributed by atoms with van der Waals surface area (Å²) in [5.74, 6) is -0.156. The lowest BCUT2D eigenvalue weighted by atomic mass is 9.99. The molecular weight excluding hydrogens is 296 g/mol. The molecular formula is C17H20N2O2S. The Bertz CT molecular complexity index is 703. The Morgan fingerprint density at radius 1 is 1.41 bits per heavy atom. The predicted octanol–water partition coefficient (Wildman–Crippen LogP) is 3.83. The summed E-state index contributed by atoms with van der Waals surface area (Å²) in [5.41, 5.74) is 7.48. The molecule has 1 aliphatic carbocycles. The number of aromatic hydroxyl groups is 1. The molecule has 1 aliphatic rings. The molecule has 1 aromatic carbocycles. The molecule has 1 saturated carbocycles. The lowest BCUT2D eigenvalue weighted by molar-refractivity contribution is 0.0998. The number of benzene rings is 1. The number of carbonyl (C=O) groups excluding carboxylic acids is 1. The molecule has 2 aromatic rings. The van der Waals surface area contributed by atoms with Gasteiger partial charge in [-0.2, -0.15) is 0 Å². The van der Waals surface area contributed by atoms with E-state index < -0.39 is 5.91 Å². The number of aromatic nitrogens is 1. The van der Waals surface area contributed by atoms with Crippen LogP contribution in [0.3, 0.4) is 0 Å². The van der Waals surface area contributed by atoms with Gasteiger partial charge in [-0.3, -0.25) is 4.79 Å². The summed E-state index contributed by atoms with van der Waals surface area (Å²) in [6, 6.07) is 5.08. The first-order valence-electron chi connectivity index (χ1n) is 7.73. The number of amides is 1. The highest BCUT2D eigenvalue weighted by Gasteiger charge is 2.25. The summed E-state index contributed by atoms with van der Waals surface area (Å²) in [6.07, 6.45) is 5.80. The molecule has 0 unspecified atom stereocenters. The van der Waals surface area contributed by atoms with Gasteiger partial charge in [0.2, 0.25) is 0 Å². The maximum Gasteiger partial charge on any atom is 0.252 e. The highest BCUT2D eigenvalue weighted by atomic mass is 32.1. The van der Waals surface area contributed by atoms with Gasteiger partial charge in [-0.15, -0.1) is 11.3 Å². The number of rotatable bonds is 4. The minimum absolute atomic E-state index is 0.0613. The van der Waals surface area contributed by atoms with Crippen LogP contribution in [0.2, 0.25) is 0 Å². The Hall–Kier alpha value is -1.88. The van der Waals surface area contributed by atoms with Gasteiger partial charge < -0.3 is 10.8 Å². The fraction of sp³-hybridized carbons (Fsp3) is 0.412. The highest BCUT2D eigenvalue weighted by Crippen LogP contribution is 2.42. The summed E-state index contributed by atoms with van der Waals surface area (Å²) >= 11 is 1.68. The average molecular weight is 316 g/mol. The third kappa shape index (κ3) is 2.73. The van der Waals surface area contributed by atoms with Crippen molar-refractivity contribution in [3.63, 3.8) is 0 Å². The van der Waals surface area contributed by atoms with Crippen LogP contribution in [0.5, 0.6) is 5.75 Å². The highest BCUT2D eigenvalue weighted by molar-refractivity contribution is 7.15. The zero-order valence-corrected chi connectivity index (χ0v) is 13.4. The number of hydrogen-bond acceptors (Lipinski definition) is 4. The van der Waals surface area contributed by atoms with Crippen LogP contribution in [-0.2, 0) is 6.42 Å². The lowest BCUT2D eigenvalue weighted by Gasteiger charge is -2.10. The Balaban J connectivity index is 2.05. The molecule has 1 aromatic heterocycles. The monoisotopic (exact) mass is 316 g/mol. The number of aryl methyl sites for hydroxylation is 1. The molecule has 5 heteroatoms. The van der Waals surface area contributed by atoms with Crippen LogP contribution in [0.15, 0.2) is 18.2 Å². The Morgan fingerprint density at radius 2 is 2.14 bits per heavy atom. The van der Waals surface area contributed by atoms with E-state index >= 15 is 0 Å². The van der Waals surface area contributed by atoms with Crippen molar-refractivity contribution < 1.29 is 9.90 Å². The van der Waals surface area contributed by atoms with Crippen molar-refractivity contribution >= 4 is 17.2 Å². The van der Waals surface area contributed by atoms with Crippen molar-refractivity contribution in [1.29, 1.82) is 0 Å². The van der Waals surface area contributed by atoms with E-state index in [-0.39, 0.29) is 11.3 Å². The fourth-order valence-electron chi connectivity index (χ4n) is 3.09. The first-order chi connectivity index (χ1) is 10.6. The van der Waals surface area contributed by atoms with Crippen LogP contribution in [-0.4, -0.2) is 16.0 Å². The first-order valence-corrected chi connectivity index (χ1v) is 8.54. The van der Waals surface area contributed by atoms with Crippen LogP contribution in [0.1, 0.15) is 59.6 Å². The lowest BCUT2D eigenvalue weighted by Crippen LogP contribution is -2.10. The molecule has 3 N–H and O–H groups in total. The molecule has 116 valence electrons. The molecule has 3 rings (SSSR count). The van der Waals surface area contributed by atoms with Crippen molar-refractivity contribution in [2.75, 3.05) is 0 Å². The summed E-state index contributed by atoms with van der Waals surface area (Å²) in [7, 11) is 0. The first kappa shape index (κ1) is 15.0. The summed E-state index contributed by atoms with van der Waals surface area (Å²) in [4.78, 5) is 17.2. The van der Waals surface area contributed by atoms with Gasteiger partial charge in [-0.25, -0.2) is 4.98 Å². The van der Waals surface area contributed by atoms with E-state index in [0.717, 1.165) is 27.6 Å². The number of hydrogen-bond donors (Lipinski definition) is 2. The molecule has 1 heterocycles. The maximum atomic E-state index is 11.2. The zero-order valence-electron chi connectivity index (χ0n) is 12.6. The van der Waals surface area contributed by atoms with Crippen molar-refractivity contribution in [2.45, 2.75) is 44.9 Å². The third-order valence-corrected chi connectivity index (χ3v) is 5.53. The normalized spacial score (nSPS) is 15.3. The van der Waals surface area contributed by atoms with Crippen LogP contribution in [0.25, 0.3) is 10.4 Å². The van der Waals surface area contributed by atoms with Gasteiger partial charge >= 0.3 is 0 Å². The largest absolute Gasteiger partial charge is 0.507 e. The number of nitrogens with two attached hydrogens (primary N) is 1. The summed E-state index contributed by atoms with van der Waals surface area (Å²) in [6.45, 7) is 2.11. The topological polar surface area (TPSA) is 76.2 Å². The molecule has 1 amide bonds. The van der Waals surface area contributed by atoms with Crippen LogP contribution >= 0.6 is 11.3 Å². The average Bonchev–Trinajstić information content (AvgIpc) is 3.15. The summed E-state index contributed by atoms with van der Waals surface area (Å²) < 4.78 is 0. The standard InChI is InChI=1S/C17H20N2O2S/c1-2-14-19-15(10-5-3-4-6-10)16(22-14)11-7-8-12(17(18)21)13(20)9-11/h7-10,20H,2-6H2,1H3,(H2,18,21). The summed E-state index contributed by atoms with van der Waals surface area (Å²) in [5, 5.41) is 11.1. The number of nitrogens with zero attached hydrogens (tertiary/aromatic N) is 1. The molecule has 0 spiro atoms. The van der Waals surface area contributed by atoms with Gasteiger partial charge in [0.1, 0.15) is 5.75 Å². The van der Waals surface area contributed by atoms with Gasteiger partial charge in [0.05, 0.1) is 21.1 Å². The van der Waals surface area contributed by atoms with E-state index in [1.807, 2.05) is 6.07 Å². The second-order valence-electron chi connectivity index (χ2n) is 5.75. The van der Waals surface area contributed by atoms with Gasteiger partial charge in [-0.05, 0) is 37.0 Å². The molecule has 0 bridgehead atoms.